The van der Waals surface area contributed by atoms with Gasteiger partial charge < -0.3 is 10.2 Å². The molecule has 0 radical (unpaired) electrons. The number of hydrogen-bond donors (Lipinski definition) is 1. The summed E-state index contributed by atoms with van der Waals surface area (Å²) in [4.78, 5) is 5.32. The number of rotatable bonds is 5. The predicted molar refractivity (Wildman–Crippen MR) is 84.1 cm³/mol. The molecule has 1 saturated heterocycles. The van der Waals surface area contributed by atoms with E-state index in [0.29, 0.717) is 12.1 Å². The average molecular weight is 292 g/mol. The first kappa shape index (κ1) is 13.3. The van der Waals surface area contributed by atoms with Gasteiger partial charge >= 0.3 is 0 Å². The fourth-order valence-electron chi connectivity index (χ4n) is 2.74. The van der Waals surface area contributed by atoms with Crippen LogP contribution in [0.25, 0.3) is 0 Å². The highest BCUT2D eigenvalue weighted by Crippen LogP contribution is 2.29. The van der Waals surface area contributed by atoms with Crippen LogP contribution in [-0.4, -0.2) is 31.1 Å². The van der Waals surface area contributed by atoms with Crippen LogP contribution in [0, 0.1) is 0 Å². The second-order valence-corrected chi connectivity index (χ2v) is 7.11. The topological polar surface area (TPSA) is 15.3 Å². The standard InChI is InChI=1S/C15H20N2S2/c1-17-8-2-5-12(17)11-16-15(13-6-3-9-18-13)14-7-4-10-19-14/h3-4,6-7,9-10,12,15-16H,2,5,8,11H2,1H3. The molecule has 1 aliphatic rings. The van der Waals surface area contributed by atoms with Gasteiger partial charge in [-0.2, -0.15) is 0 Å². The van der Waals surface area contributed by atoms with Crippen LogP contribution in [0.2, 0.25) is 0 Å². The minimum absolute atomic E-state index is 0.369. The van der Waals surface area contributed by atoms with Crippen LogP contribution in [0.15, 0.2) is 35.0 Å². The van der Waals surface area contributed by atoms with Gasteiger partial charge in [0.1, 0.15) is 0 Å². The van der Waals surface area contributed by atoms with Crippen LogP contribution in [0.4, 0.5) is 0 Å². The van der Waals surface area contributed by atoms with Gasteiger partial charge in [0.2, 0.25) is 0 Å². The van der Waals surface area contributed by atoms with E-state index in [-0.39, 0.29) is 0 Å². The summed E-state index contributed by atoms with van der Waals surface area (Å²) in [6.07, 6.45) is 2.66. The maximum Gasteiger partial charge on any atom is 0.0765 e. The normalized spacial score (nSPS) is 20.4. The molecule has 1 aliphatic heterocycles. The number of nitrogens with one attached hydrogen (secondary N) is 1. The molecule has 3 heterocycles. The summed E-state index contributed by atoms with van der Waals surface area (Å²) in [5.74, 6) is 0. The van der Waals surface area contributed by atoms with Gasteiger partial charge in [-0.25, -0.2) is 0 Å². The number of likely N-dealkylation sites (N-methyl/N-ethyl adjacent to an activating group) is 1. The minimum Gasteiger partial charge on any atom is -0.303 e. The molecule has 4 heteroatoms. The second kappa shape index (κ2) is 6.18. The van der Waals surface area contributed by atoms with Crippen molar-refractivity contribution < 1.29 is 0 Å². The Morgan fingerprint density at radius 3 is 2.42 bits per heavy atom. The van der Waals surface area contributed by atoms with E-state index in [1.807, 2.05) is 22.7 Å². The molecule has 0 aromatic carbocycles. The number of likely N-dealkylation sites (tertiary alicyclic amines) is 1. The molecule has 0 amide bonds. The van der Waals surface area contributed by atoms with Gasteiger partial charge in [0.15, 0.2) is 0 Å². The molecule has 1 N–H and O–H groups in total. The molecule has 0 saturated carbocycles. The van der Waals surface area contributed by atoms with Crippen molar-refractivity contribution in [3.05, 3.63) is 44.8 Å². The van der Waals surface area contributed by atoms with Crippen molar-refractivity contribution in [1.82, 2.24) is 10.2 Å². The van der Waals surface area contributed by atoms with Gasteiger partial charge in [-0.05, 0) is 49.3 Å². The molecule has 1 atom stereocenters. The largest absolute Gasteiger partial charge is 0.303 e. The Morgan fingerprint density at radius 2 is 1.95 bits per heavy atom. The van der Waals surface area contributed by atoms with E-state index in [4.69, 9.17) is 0 Å². The Labute approximate surface area is 123 Å². The van der Waals surface area contributed by atoms with Gasteiger partial charge in [-0.3, -0.25) is 0 Å². The third-order valence-electron chi connectivity index (χ3n) is 3.88. The zero-order valence-corrected chi connectivity index (χ0v) is 12.8. The third kappa shape index (κ3) is 3.08. The monoisotopic (exact) mass is 292 g/mol. The van der Waals surface area contributed by atoms with Crippen molar-refractivity contribution in [2.45, 2.75) is 24.9 Å². The maximum atomic E-state index is 3.78. The maximum absolute atomic E-state index is 3.78. The lowest BCUT2D eigenvalue weighted by atomic mass is 10.1. The molecular weight excluding hydrogens is 272 g/mol. The van der Waals surface area contributed by atoms with Crippen molar-refractivity contribution in [1.29, 1.82) is 0 Å². The number of thiophene rings is 2. The molecule has 2 aromatic rings. The second-order valence-electron chi connectivity index (χ2n) is 5.15. The van der Waals surface area contributed by atoms with E-state index in [1.165, 1.54) is 29.1 Å². The Morgan fingerprint density at radius 1 is 1.26 bits per heavy atom. The van der Waals surface area contributed by atoms with Crippen molar-refractivity contribution in [3.8, 4) is 0 Å². The molecule has 0 bridgehead atoms. The first-order valence-electron chi connectivity index (χ1n) is 6.85. The number of nitrogens with zero attached hydrogens (tertiary/aromatic N) is 1. The van der Waals surface area contributed by atoms with E-state index in [0.717, 1.165) is 6.54 Å². The lowest BCUT2D eigenvalue weighted by Gasteiger charge is -2.23. The molecule has 0 aliphatic carbocycles. The van der Waals surface area contributed by atoms with Gasteiger partial charge in [0, 0.05) is 22.3 Å². The Kier molecular flexibility index (Phi) is 4.33. The summed E-state index contributed by atoms with van der Waals surface area (Å²) < 4.78 is 0. The smallest absolute Gasteiger partial charge is 0.0765 e. The lowest BCUT2D eigenvalue weighted by molar-refractivity contribution is 0.296. The summed E-state index contributed by atoms with van der Waals surface area (Å²) in [5.41, 5.74) is 0. The molecule has 0 spiro atoms. The van der Waals surface area contributed by atoms with Crippen molar-refractivity contribution >= 4 is 22.7 Å². The fraction of sp³-hybridized carbons (Fsp3) is 0.467. The zero-order chi connectivity index (χ0) is 13.1. The Hall–Kier alpha value is -0.680. The van der Waals surface area contributed by atoms with Crippen molar-refractivity contribution in [2.75, 3.05) is 20.1 Å². The third-order valence-corrected chi connectivity index (χ3v) is 5.76. The van der Waals surface area contributed by atoms with Crippen LogP contribution in [0.1, 0.15) is 28.6 Å². The fourth-order valence-corrected chi connectivity index (χ4v) is 4.45. The molecule has 102 valence electrons. The minimum atomic E-state index is 0.369. The van der Waals surface area contributed by atoms with E-state index in [9.17, 15) is 0 Å². The van der Waals surface area contributed by atoms with Gasteiger partial charge in [0.05, 0.1) is 6.04 Å². The zero-order valence-electron chi connectivity index (χ0n) is 11.2. The highest BCUT2D eigenvalue weighted by molar-refractivity contribution is 7.11. The quantitative estimate of drug-likeness (QED) is 0.906. The summed E-state index contributed by atoms with van der Waals surface area (Å²) in [5, 5.41) is 8.11. The van der Waals surface area contributed by atoms with Gasteiger partial charge in [-0.15, -0.1) is 22.7 Å². The summed E-state index contributed by atoms with van der Waals surface area (Å²) in [7, 11) is 2.24. The molecule has 1 unspecified atom stereocenters. The summed E-state index contributed by atoms with van der Waals surface area (Å²) in [6, 6.07) is 9.82. The lowest BCUT2D eigenvalue weighted by Crippen LogP contribution is -2.37. The highest BCUT2D eigenvalue weighted by atomic mass is 32.1. The van der Waals surface area contributed by atoms with Crippen LogP contribution in [0.3, 0.4) is 0 Å². The Balaban J connectivity index is 1.70. The van der Waals surface area contributed by atoms with E-state index < -0.39 is 0 Å². The van der Waals surface area contributed by atoms with Crippen molar-refractivity contribution in [2.24, 2.45) is 0 Å². The average Bonchev–Trinajstić information content (AvgIpc) is 3.13. The summed E-state index contributed by atoms with van der Waals surface area (Å²) in [6.45, 7) is 2.33. The van der Waals surface area contributed by atoms with E-state index >= 15 is 0 Å². The summed E-state index contributed by atoms with van der Waals surface area (Å²) >= 11 is 3.69. The van der Waals surface area contributed by atoms with Crippen LogP contribution >= 0.6 is 22.7 Å². The van der Waals surface area contributed by atoms with Crippen LogP contribution in [0.5, 0.6) is 0 Å². The number of hydrogen-bond acceptors (Lipinski definition) is 4. The van der Waals surface area contributed by atoms with Gasteiger partial charge in [-0.1, -0.05) is 12.1 Å². The Bertz CT molecular complexity index is 444. The first-order valence-corrected chi connectivity index (χ1v) is 8.61. The molecular formula is C15H20N2S2. The molecule has 1 fully saturated rings. The molecule has 19 heavy (non-hydrogen) atoms. The molecule has 2 nitrogen and oxygen atoms in total. The molecule has 2 aromatic heterocycles. The predicted octanol–water partition coefficient (Wildman–Crippen LogP) is 3.58. The van der Waals surface area contributed by atoms with Gasteiger partial charge in [0.25, 0.3) is 0 Å². The van der Waals surface area contributed by atoms with E-state index in [2.05, 4.69) is 52.3 Å². The first-order chi connectivity index (χ1) is 9.34. The van der Waals surface area contributed by atoms with E-state index in [1.54, 1.807) is 0 Å². The highest BCUT2D eigenvalue weighted by Gasteiger charge is 2.23. The SMILES string of the molecule is CN1CCCC1CNC(c1cccs1)c1cccs1. The van der Waals surface area contributed by atoms with Crippen LogP contribution < -0.4 is 5.32 Å². The van der Waals surface area contributed by atoms with Crippen LogP contribution in [-0.2, 0) is 0 Å². The van der Waals surface area contributed by atoms with Crippen molar-refractivity contribution in [3.63, 3.8) is 0 Å². The molecule has 3 rings (SSSR count).